The summed E-state index contributed by atoms with van der Waals surface area (Å²) < 4.78 is 14.5. The molecule has 2 aromatic rings. The number of rotatable bonds is 2. The number of aromatic nitrogens is 1. The first kappa shape index (κ1) is 12.9. The van der Waals surface area contributed by atoms with Gasteiger partial charge in [-0.05, 0) is 18.2 Å². The predicted octanol–water partition coefficient (Wildman–Crippen LogP) is 2.27. The van der Waals surface area contributed by atoms with Crippen molar-refractivity contribution in [3.8, 4) is 0 Å². The zero-order valence-corrected chi connectivity index (χ0v) is 11.4. The monoisotopic (exact) mass is 272 g/mol. The third-order valence-electron chi connectivity index (χ3n) is 3.67. The molecule has 0 unspecified atom stereocenters. The summed E-state index contributed by atoms with van der Waals surface area (Å²) in [6, 6.07) is 9.59. The summed E-state index contributed by atoms with van der Waals surface area (Å²) in [7, 11) is 2.04. The van der Waals surface area contributed by atoms with Crippen molar-refractivity contribution in [2.45, 2.75) is 6.54 Å². The summed E-state index contributed by atoms with van der Waals surface area (Å²) in [5.74, 6) is 0.0304. The Morgan fingerprint density at radius 2 is 1.95 bits per heavy atom. The smallest absolute Gasteiger partial charge is 0.170 e. The van der Waals surface area contributed by atoms with Crippen LogP contribution in [0.15, 0.2) is 36.5 Å². The van der Waals surface area contributed by atoms with Gasteiger partial charge in [-0.25, -0.2) is 9.37 Å². The number of hydrogen-bond acceptors (Lipinski definition) is 4. The number of para-hydroxylation sites is 2. The van der Waals surface area contributed by atoms with Crippen LogP contribution in [0.1, 0.15) is 5.56 Å². The van der Waals surface area contributed by atoms with Gasteiger partial charge in [-0.1, -0.05) is 12.1 Å². The fraction of sp³-hybridized carbons (Fsp3) is 0.267. The van der Waals surface area contributed by atoms with Gasteiger partial charge in [-0.2, -0.15) is 0 Å². The lowest BCUT2D eigenvalue weighted by Gasteiger charge is -2.36. The molecule has 0 amide bonds. The van der Waals surface area contributed by atoms with Crippen molar-refractivity contribution in [3.05, 3.63) is 47.9 Å². The van der Waals surface area contributed by atoms with Gasteiger partial charge in [0.1, 0.15) is 0 Å². The molecule has 0 radical (unpaired) electrons. The van der Waals surface area contributed by atoms with Crippen LogP contribution in [-0.2, 0) is 6.54 Å². The minimum atomic E-state index is -0.325. The molecule has 2 N–H and O–H groups in total. The normalized spacial score (nSPS) is 14.3. The first-order valence-electron chi connectivity index (χ1n) is 6.63. The van der Waals surface area contributed by atoms with E-state index in [1.165, 1.54) is 0 Å². The van der Waals surface area contributed by atoms with Crippen LogP contribution < -0.4 is 15.5 Å². The van der Waals surface area contributed by atoms with Crippen molar-refractivity contribution in [2.75, 3.05) is 29.9 Å². The Bertz CT molecular complexity index is 629. The van der Waals surface area contributed by atoms with Crippen LogP contribution in [0.4, 0.5) is 21.6 Å². The number of halogens is 1. The SMILES string of the molecule is CN1CCN(c2nccc(CN)c2F)c2ccccc21. The molecular weight excluding hydrogens is 255 g/mol. The Balaban J connectivity index is 2.10. The number of pyridine rings is 1. The third kappa shape index (κ3) is 2.00. The average Bonchev–Trinajstić information content (AvgIpc) is 2.49. The Morgan fingerprint density at radius 3 is 2.70 bits per heavy atom. The zero-order chi connectivity index (χ0) is 14.1. The fourth-order valence-corrected chi connectivity index (χ4v) is 2.54. The standard InChI is InChI=1S/C15H17FN4/c1-19-8-9-20(13-5-3-2-4-12(13)19)15-14(16)11(10-17)6-7-18-15/h2-7H,8-10,17H2,1H3. The zero-order valence-electron chi connectivity index (χ0n) is 11.4. The highest BCUT2D eigenvalue weighted by atomic mass is 19.1. The molecule has 0 atom stereocenters. The van der Waals surface area contributed by atoms with Crippen LogP contribution in [0, 0.1) is 5.82 Å². The number of hydrogen-bond donors (Lipinski definition) is 1. The summed E-state index contributed by atoms with van der Waals surface area (Å²) in [6.07, 6.45) is 1.61. The van der Waals surface area contributed by atoms with Gasteiger partial charge in [-0.3, -0.25) is 0 Å². The lowest BCUT2D eigenvalue weighted by atomic mass is 10.1. The maximum absolute atomic E-state index is 14.5. The summed E-state index contributed by atoms with van der Waals surface area (Å²) >= 11 is 0. The topological polar surface area (TPSA) is 45.4 Å². The van der Waals surface area contributed by atoms with E-state index in [1.807, 2.05) is 36.2 Å². The second-order valence-corrected chi connectivity index (χ2v) is 4.87. The number of anilines is 3. The number of benzene rings is 1. The Morgan fingerprint density at radius 1 is 1.20 bits per heavy atom. The van der Waals surface area contributed by atoms with Gasteiger partial charge in [-0.15, -0.1) is 0 Å². The van der Waals surface area contributed by atoms with Gasteiger partial charge in [0.05, 0.1) is 11.4 Å². The van der Waals surface area contributed by atoms with Crippen molar-refractivity contribution >= 4 is 17.2 Å². The Labute approximate surface area is 117 Å². The molecule has 0 fully saturated rings. The summed E-state index contributed by atoms with van der Waals surface area (Å²) in [6.45, 7) is 1.70. The highest BCUT2D eigenvalue weighted by molar-refractivity contribution is 5.78. The number of likely N-dealkylation sites (N-methyl/N-ethyl adjacent to an activating group) is 1. The molecule has 1 aromatic carbocycles. The molecule has 2 heterocycles. The quantitative estimate of drug-likeness (QED) is 0.911. The van der Waals surface area contributed by atoms with Crippen LogP contribution >= 0.6 is 0 Å². The number of nitrogens with zero attached hydrogens (tertiary/aromatic N) is 3. The molecule has 0 saturated carbocycles. The van der Waals surface area contributed by atoms with Crippen molar-refractivity contribution in [1.82, 2.24) is 4.98 Å². The Hall–Kier alpha value is -2.14. The van der Waals surface area contributed by atoms with Crippen LogP contribution in [0.3, 0.4) is 0 Å². The van der Waals surface area contributed by atoms with E-state index in [4.69, 9.17) is 5.73 Å². The molecule has 1 aromatic heterocycles. The first-order chi connectivity index (χ1) is 9.72. The summed E-state index contributed by atoms with van der Waals surface area (Å²) in [5.41, 5.74) is 8.12. The lowest BCUT2D eigenvalue weighted by molar-refractivity contribution is 0.599. The fourth-order valence-electron chi connectivity index (χ4n) is 2.54. The van der Waals surface area contributed by atoms with E-state index in [1.54, 1.807) is 12.3 Å². The molecule has 4 nitrogen and oxygen atoms in total. The molecular formula is C15H17FN4. The molecule has 1 aliphatic rings. The van der Waals surface area contributed by atoms with E-state index in [0.717, 1.165) is 17.9 Å². The van der Waals surface area contributed by atoms with E-state index in [0.29, 0.717) is 17.9 Å². The molecule has 0 aliphatic carbocycles. The third-order valence-corrected chi connectivity index (χ3v) is 3.67. The molecule has 0 spiro atoms. The van der Waals surface area contributed by atoms with Gasteiger partial charge >= 0.3 is 0 Å². The first-order valence-corrected chi connectivity index (χ1v) is 6.63. The van der Waals surface area contributed by atoms with E-state index >= 15 is 0 Å². The molecule has 104 valence electrons. The van der Waals surface area contributed by atoms with E-state index in [9.17, 15) is 4.39 Å². The molecule has 0 saturated heterocycles. The van der Waals surface area contributed by atoms with Crippen LogP contribution in [0.2, 0.25) is 0 Å². The van der Waals surface area contributed by atoms with Crippen LogP contribution in [-0.4, -0.2) is 25.1 Å². The van der Waals surface area contributed by atoms with Gasteiger partial charge in [0.2, 0.25) is 0 Å². The van der Waals surface area contributed by atoms with E-state index in [-0.39, 0.29) is 12.4 Å². The molecule has 5 heteroatoms. The second kappa shape index (κ2) is 5.09. The summed E-state index contributed by atoms with van der Waals surface area (Å²) in [5, 5.41) is 0. The van der Waals surface area contributed by atoms with Crippen molar-refractivity contribution in [2.24, 2.45) is 5.73 Å². The minimum absolute atomic E-state index is 0.177. The van der Waals surface area contributed by atoms with Gasteiger partial charge in [0.15, 0.2) is 11.6 Å². The predicted molar refractivity (Wildman–Crippen MR) is 78.8 cm³/mol. The van der Waals surface area contributed by atoms with Crippen molar-refractivity contribution in [1.29, 1.82) is 0 Å². The van der Waals surface area contributed by atoms with Gasteiger partial charge in [0.25, 0.3) is 0 Å². The van der Waals surface area contributed by atoms with Gasteiger partial charge < -0.3 is 15.5 Å². The van der Waals surface area contributed by atoms with Crippen LogP contribution in [0.5, 0.6) is 0 Å². The maximum Gasteiger partial charge on any atom is 0.170 e. The number of fused-ring (bicyclic) bond motifs is 1. The molecule has 1 aliphatic heterocycles. The highest BCUT2D eigenvalue weighted by Gasteiger charge is 2.24. The lowest BCUT2D eigenvalue weighted by Crippen LogP contribution is -2.37. The van der Waals surface area contributed by atoms with Crippen molar-refractivity contribution < 1.29 is 4.39 Å². The number of nitrogens with two attached hydrogens (primary N) is 1. The molecule has 20 heavy (non-hydrogen) atoms. The maximum atomic E-state index is 14.5. The Kier molecular flexibility index (Phi) is 3.28. The van der Waals surface area contributed by atoms with Crippen LogP contribution in [0.25, 0.3) is 0 Å². The molecule has 0 bridgehead atoms. The van der Waals surface area contributed by atoms with E-state index < -0.39 is 0 Å². The molecule has 3 rings (SSSR count). The highest BCUT2D eigenvalue weighted by Crippen LogP contribution is 2.37. The average molecular weight is 272 g/mol. The minimum Gasteiger partial charge on any atom is -0.371 e. The summed E-state index contributed by atoms with van der Waals surface area (Å²) in [4.78, 5) is 8.30. The largest absolute Gasteiger partial charge is 0.371 e. The van der Waals surface area contributed by atoms with Gasteiger partial charge in [0, 0.05) is 38.4 Å². The van der Waals surface area contributed by atoms with E-state index in [2.05, 4.69) is 9.88 Å². The van der Waals surface area contributed by atoms with Crippen molar-refractivity contribution in [3.63, 3.8) is 0 Å². The second-order valence-electron chi connectivity index (χ2n) is 4.87.